The topological polar surface area (TPSA) is 132 Å². The molecule has 0 unspecified atom stereocenters. The van der Waals surface area contributed by atoms with Crippen molar-refractivity contribution in [1.29, 1.82) is 0 Å². The highest BCUT2D eigenvalue weighted by Crippen LogP contribution is 2.37. The lowest BCUT2D eigenvalue weighted by Crippen LogP contribution is -2.35. The van der Waals surface area contributed by atoms with Crippen molar-refractivity contribution in [3.63, 3.8) is 0 Å². The quantitative estimate of drug-likeness (QED) is 0.385. The van der Waals surface area contributed by atoms with E-state index < -0.39 is 12.1 Å². The minimum Gasteiger partial charge on any atom is -0.494 e. The molecular formula is C25H26N4O5. The van der Waals surface area contributed by atoms with Gasteiger partial charge in [-0.05, 0) is 17.7 Å². The van der Waals surface area contributed by atoms with Gasteiger partial charge in [-0.1, -0.05) is 48.5 Å². The van der Waals surface area contributed by atoms with Gasteiger partial charge in [0.1, 0.15) is 11.5 Å². The molecule has 1 atom stereocenters. The van der Waals surface area contributed by atoms with Crippen molar-refractivity contribution in [3.8, 4) is 11.5 Å². The van der Waals surface area contributed by atoms with E-state index in [9.17, 15) is 14.4 Å². The summed E-state index contributed by atoms with van der Waals surface area (Å²) in [5.41, 5.74) is 7.22. The summed E-state index contributed by atoms with van der Waals surface area (Å²) < 4.78 is 10.8. The molecule has 0 spiro atoms. The van der Waals surface area contributed by atoms with Gasteiger partial charge in [0.2, 0.25) is 5.91 Å². The maximum absolute atomic E-state index is 12.8. The molecule has 9 nitrogen and oxygen atoms in total. The van der Waals surface area contributed by atoms with Crippen molar-refractivity contribution in [2.24, 2.45) is 5.73 Å². The number of urea groups is 1. The van der Waals surface area contributed by atoms with Gasteiger partial charge in [-0.15, -0.1) is 0 Å². The maximum Gasteiger partial charge on any atom is 0.312 e. The van der Waals surface area contributed by atoms with E-state index >= 15 is 0 Å². The highest BCUT2D eigenvalue weighted by molar-refractivity contribution is 6.05. The Morgan fingerprint density at radius 1 is 0.824 bits per heavy atom. The van der Waals surface area contributed by atoms with Gasteiger partial charge >= 0.3 is 6.03 Å². The lowest BCUT2D eigenvalue weighted by atomic mass is 10.0. The Bertz CT molecular complexity index is 1150. The predicted molar refractivity (Wildman–Crippen MR) is 129 cm³/mol. The molecule has 3 rings (SSSR count). The number of rotatable bonds is 9. The summed E-state index contributed by atoms with van der Waals surface area (Å²) in [4.78, 5) is 36.8. The standard InChI is InChI=1S/C25H26N4O5/c1-33-21-14-20(28-24(31)17-11-7-4-8-12-17)22(34-2)13-19(21)27-23(30)15-18(29-25(26)32)16-9-5-3-6-10-16/h3-14,18H,15H2,1-2H3,(H,27,30)(H,28,31)(H3,26,29,32)/t18-/m1/s1. The Labute approximate surface area is 197 Å². The van der Waals surface area contributed by atoms with Gasteiger partial charge in [-0.3, -0.25) is 9.59 Å². The third kappa shape index (κ3) is 6.26. The average molecular weight is 463 g/mol. The van der Waals surface area contributed by atoms with Crippen LogP contribution in [0.5, 0.6) is 11.5 Å². The van der Waals surface area contributed by atoms with Crippen LogP contribution in [-0.2, 0) is 4.79 Å². The lowest BCUT2D eigenvalue weighted by Gasteiger charge is -2.19. The first kappa shape index (κ1) is 24.1. The second-order valence-electron chi connectivity index (χ2n) is 7.30. The number of nitrogens with two attached hydrogens (primary N) is 1. The molecule has 5 N–H and O–H groups in total. The number of hydrogen-bond donors (Lipinski definition) is 4. The number of hydrogen-bond acceptors (Lipinski definition) is 5. The summed E-state index contributed by atoms with van der Waals surface area (Å²) in [6.07, 6.45) is -0.0646. The van der Waals surface area contributed by atoms with Crippen LogP contribution >= 0.6 is 0 Å². The van der Waals surface area contributed by atoms with E-state index in [2.05, 4.69) is 16.0 Å². The molecule has 3 aromatic rings. The number of methoxy groups -OCH3 is 2. The van der Waals surface area contributed by atoms with Crippen LogP contribution in [-0.4, -0.2) is 32.1 Å². The van der Waals surface area contributed by atoms with E-state index in [-0.39, 0.29) is 18.2 Å². The van der Waals surface area contributed by atoms with Crippen molar-refractivity contribution in [1.82, 2.24) is 5.32 Å². The molecule has 0 aliphatic heterocycles. The molecule has 0 aliphatic rings. The maximum atomic E-state index is 12.8. The summed E-state index contributed by atoms with van der Waals surface area (Å²) >= 11 is 0. The number of benzene rings is 3. The van der Waals surface area contributed by atoms with Crippen molar-refractivity contribution in [3.05, 3.63) is 83.9 Å². The van der Waals surface area contributed by atoms with Gasteiger partial charge in [0.05, 0.1) is 38.1 Å². The normalized spacial score (nSPS) is 11.1. The number of amides is 4. The molecule has 0 radical (unpaired) electrons. The molecular weight excluding hydrogens is 436 g/mol. The van der Waals surface area contributed by atoms with E-state index in [1.54, 1.807) is 60.7 Å². The van der Waals surface area contributed by atoms with Crippen LogP contribution in [0.2, 0.25) is 0 Å². The third-order valence-corrected chi connectivity index (χ3v) is 4.99. The molecule has 3 aromatic carbocycles. The van der Waals surface area contributed by atoms with Crippen LogP contribution in [0.25, 0.3) is 0 Å². The largest absolute Gasteiger partial charge is 0.494 e. The average Bonchev–Trinajstić information content (AvgIpc) is 2.85. The van der Waals surface area contributed by atoms with Crippen LogP contribution in [0, 0.1) is 0 Å². The van der Waals surface area contributed by atoms with Crippen LogP contribution < -0.4 is 31.2 Å². The minimum absolute atomic E-state index is 0.0646. The number of carbonyl (C=O) groups is 3. The first-order chi connectivity index (χ1) is 16.4. The Balaban J connectivity index is 1.80. The second-order valence-corrected chi connectivity index (χ2v) is 7.30. The summed E-state index contributed by atoms with van der Waals surface area (Å²) in [6, 6.07) is 19.5. The van der Waals surface area contributed by atoms with Gasteiger partial charge in [0, 0.05) is 17.7 Å². The molecule has 0 aliphatic carbocycles. The van der Waals surface area contributed by atoms with Crippen molar-refractivity contribution in [2.75, 3.05) is 24.9 Å². The zero-order chi connectivity index (χ0) is 24.5. The molecule has 0 aromatic heterocycles. The number of primary amides is 1. The van der Waals surface area contributed by atoms with Crippen molar-refractivity contribution < 1.29 is 23.9 Å². The zero-order valence-corrected chi connectivity index (χ0v) is 18.8. The summed E-state index contributed by atoms with van der Waals surface area (Å²) in [6.45, 7) is 0. The van der Waals surface area contributed by atoms with Crippen molar-refractivity contribution >= 4 is 29.2 Å². The van der Waals surface area contributed by atoms with Gasteiger partial charge in [0.15, 0.2) is 0 Å². The first-order valence-electron chi connectivity index (χ1n) is 10.4. The lowest BCUT2D eigenvalue weighted by molar-refractivity contribution is -0.116. The summed E-state index contributed by atoms with van der Waals surface area (Å²) in [7, 11) is 2.90. The van der Waals surface area contributed by atoms with Crippen molar-refractivity contribution in [2.45, 2.75) is 12.5 Å². The van der Waals surface area contributed by atoms with Crippen LogP contribution in [0.4, 0.5) is 16.2 Å². The van der Waals surface area contributed by atoms with E-state index in [1.807, 2.05) is 12.1 Å². The molecule has 0 bridgehead atoms. The molecule has 34 heavy (non-hydrogen) atoms. The number of carbonyl (C=O) groups excluding carboxylic acids is 3. The van der Waals surface area contributed by atoms with Gasteiger partial charge in [-0.2, -0.15) is 0 Å². The van der Waals surface area contributed by atoms with E-state index in [1.165, 1.54) is 14.2 Å². The van der Waals surface area contributed by atoms with E-state index in [0.29, 0.717) is 28.4 Å². The van der Waals surface area contributed by atoms with E-state index in [4.69, 9.17) is 15.2 Å². The Morgan fingerprint density at radius 2 is 1.35 bits per heavy atom. The van der Waals surface area contributed by atoms with E-state index in [0.717, 1.165) is 5.56 Å². The minimum atomic E-state index is -0.737. The molecule has 0 saturated heterocycles. The SMILES string of the molecule is COc1cc(NC(=O)c2ccccc2)c(OC)cc1NC(=O)C[C@@H](NC(N)=O)c1ccccc1. The smallest absolute Gasteiger partial charge is 0.312 e. The summed E-state index contributed by atoms with van der Waals surface area (Å²) in [5, 5.41) is 8.15. The molecule has 0 fully saturated rings. The Hall–Kier alpha value is -4.53. The molecule has 4 amide bonds. The number of anilines is 2. The monoisotopic (exact) mass is 462 g/mol. The fraction of sp³-hybridized carbons (Fsp3) is 0.160. The zero-order valence-electron chi connectivity index (χ0n) is 18.8. The first-order valence-corrected chi connectivity index (χ1v) is 10.4. The Morgan fingerprint density at radius 3 is 1.88 bits per heavy atom. The highest BCUT2D eigenvalue weighted by Gasteiger charge is 2.20. The van der Waals surface area contributed by atoms with Gasteiger partial charge < -0.3 is 31.2 Å². The van der Waals surface area contributed by atoms with Crippen LogP contribution in [0.3, 0.4) is 0 Å². The molecule has 0 heterocycles. The fourth-order valence-electron chi connectivity index (χ4n) is 3.37. The van der Waals surface area contributed by atoms with Crippen LogP contribution in [0.15, 0.2) is 72.8 Å². The molecule has 0 saturated carbocycles. The van der Waals surface area contributed by atoms with Gasteiger partial charge in [-0.25, -0.2) is 4.79 Å². The van der Waals surface area contributed by atoms with Crippen LogP contribution in [0.1, 0.15) is 28.4 Å². The third-order valence-electron chi connectivity index (χ3n) is 4.99. The van der Waals surface area contributed by atoms with Gasteiger partial charge in [0.25, 0.3) is 5.91 Å². The number of ether oxygens (including phenoxy) is 2. The highest BCUT2D eigenvalue weighted by atomic mass is 16.5. The Kier molecular flexibility index (Phi) is 8.07. The second kappa shape index (κ2) is 11.4. The number of nitrogens with one attached hydrogen (secondary N) is 3. The molecule has 176 valence electrons. The molecule has 9 heteroatoms. The fourth-order valence-corrected chi connectivity index (χ4v) is 3.37. The predicted octanol–water partition coefficient (Wildman–Crippen LogP) is 3.69. The summed E-state index contributed by atoms with van der Waals surface area (Å²) in [5.74, 6) is -0.0584.